The van der Waals surface area contributed by atoms with Crippen LogP contribution in [0.3, 0.4) is 0 Å². The Bertz CT molecular complexity index is 798. The molecule has 0 saturated carbocycles. The van der Waals surface area contributed by atoms with Gasteiger partial charge in [-0.05, 0) is 18.6 Å². The summed E-state index contributed by atoms with van der Waals surface area (Å²) in [6.45, 7) is 1.50. The van der Waals surface area contributed by atoms with Crippen LogP contribution in [-0.2, 0) is 4.79 Å². The van der Waals surface area contributed by atoms with Crippen LogP contribution in [0, 0.1) is 0 Å². The van der Waals surface area contributed by atoms with Crippen molar-refractivity contribution in [2.45, 2.75) is 18.6 Å². The number of imide groups is 1. The van der Waals surface area contributed by atoms with E-state index in [0.29, 0.717) is 25.5 Å². The summed E-state index contributed by atoms with van der Waals surface area (Å²) >= 11 is 0. The number of rotatable bonds is 5. The van der Waals surface area contributed by atoms with E-state index in [9.17, 15) is 9.59 Å². The summed E-state index contributed by atoms with van der Waals surface area (Å²) in [5, 5.41) is 9.06. The van der Waals surface area contributed by atoms with E-state index in [1.807, 2.05) is 34.1 Å². The smallest absolute Gasteiger partial charge is 0.328 e. The van der Waals surface area contributed by atoms with E-state index in [1.165, 1.54) is 9.80 Å². The van der Waals surface area contributed by atoms with Crippen molar-refractivity contribution in [1.29, 1.82) is 0 Å². The molecule has 9 heteroatoms. The molecule has 1 aromatic rings. The predicted molar refractivity (Wildman–Crippen MR) is 98.6 cm³/mol. The number of fused-ring (bicyclic) bond motifs is 3. The fraction of sp³-hybridized carbons (Fsp3) is 0.500. The Morgan fingerprint density at radius 2 is 2.11 bits per heavy atom. The van der Waals surface area contributed by atoms with Crippen molar-refractivity contribution in [3.05, 3.63) is 24.3 Å². The van der Waals surface area contributed by atoms with Crippen LogP contribution in [0.4, 0.5) is 10.5 Å². The van der Waals surface area contributed by atoms with Crippen molar-refractivity contribution >= 4 is 23.6 Å². The first-order valence-electron chi connectivity index (χ1n) is 9.02. The number of hydrogen-bond acceptors (Lipinski definition) is 7. The van der Waals surface area contributed by atoms with Crippen molar-refractivity contribution in [2.75, 3.05) is 45.3 Å². The van der Waals surface area contributed by atoms with Gasteiger partial charge in [0.1, 0.15) is 5.75 Å². The molecule has 0 bridgehead atoms. The van der Waals surface area contributed by atoms with Crippen LogP contribution in [-0.4, -0.2) is 90.3 Å². The van der Waals surface area contributed by atoms with Gasteiger partial charge in [-0.2, -0.15) is 0 Å². The Hall–Kier alpha value is -2.81. The van der Waals surface area contributed by atoms with Gasteiger partial charge in [0.15, 0.2) is 12.2 Å². The molecule has 3 heterocycles. The number of urea groups is 1. The molecular formula is C18H23N5O4. The number of hydrogen-bond donors (Lipinski definition) is 1. The normalized spacial score (nSPS) is 24.3. The lowest BCUT2D eigenvalue weighted by Gasteiger charge is -2.40. The number of nitrogens with zero attached hydrogens (tertiary/aromatic N) is 5. The summed E-state index contributed by atoms with van der Waals surface area (Å²) in [4.78, 5) is 37.0. The Kier molecular flexibility index (Phi) is 4.39. The van der Waals surface area contributed by atoms with Crippen molar-refractivity contribution in [3.63, 3.8) is 0 Å². The quantitative estimate of drug-likeness (QED) is 0.791. The number of carbonyl (C=O) groups excluding carboxylic acids is 2. The minimum Gasteiger partial charge on any atom is -0.497 e. The van der Waals surface area contributed by atoms with Gasteiger partial charge >= 0.3 is 6.03 Å². The molecule has 144 valence electrons. The van der Waals surface area contributed by atoms with Gasteiger partial charge in [0, 0.05) is 45.0 Å². The highest BCUT2D eigenvalue weighted by Gasteiger charge is 2.54. The van der Waals surface area contributed by atoms with E-state index in [2.05, 4.69) is 0 Å². The van der Waals surface area contributed by atoms with E-state index in [4.69, 9.17) is 14.8 Å². The van der Waals surface area contributed by atoms with E-state index in [0.717, 1.165) is 11.4 Å². The standard InChI is InChI=1S/C18H23N5O4/c1-20-15-14(16(25)23(18(20)26)7-4-10-24)22-9-8-21(17(22)19-15)12-5-3-6-13(11-12)27-2/h3,5-6,11,14-15,24H,4,7-10H2,1-2H3. The molecule has 0 spiro atoms. The lowest BCUT2D eigenvalue weighted by Crippen LogP contribution is -2.64. The number of aliphatic hydroxyl groups is 1. The number of amides is 3. The van der Waals surface area contributed by atoms with Crippen molar-refractivity contribution in [2.24, 2.45) is 4.99 Å². The molecule has 27 heavy (non-hydrogen) atoms. The number of carbonyl (C=O) groups is 2. The fourth-order valence-electron chi connectivity index (χ4n) is 3.89. The number of benzene rings is 1. The fourth-order valence-corrected chi connectivity index (χ4v) is 3.89. The zero-order chi connectivity index (χ0) is 19.1. The van der Waals surface area contributed by atoms with Crippen LogP contribution in [0.2, 0.25) is 0 Å². The van der Waals surface area contributed by atoms with Gasteiger partial charge in [0.05, 0.1) is 7.11 Å². The number of likely N-dealkylation sites (N-methyl/N-ethyl adjacent to an activating group) is 1. The second-order valence-corrected chi connectivity index (χ2v) is 6.79. The molecule has 3 aliphatic rings. The summed E-state index contributed by atoms with van der Waals surface area (Å²) in [6.07, 6.45) is -0.161. The van der Waals surface area contributed by atoms with E-state index in [1.54, 1.807) is 14.2 Å². The van der Waals surface area contributed by atoms with Crippen LogP contribution < -0.4 is 9.64 Å². The van der Waals surface area contributed by atoms with Gasteiger partial charge in [0.2, 0.25) is 5.96 Å². The van der Waals surface area contributed by atoms with Crippen molar-refractivity contribution < 1.29 is 19.4 Å². The lowest BCUT2D eigenvalue weighted by molar-refractivity contribution is -0.137. The molecule has 3 aliphatic heterocycles. The maximum atomic E-state index is 13.0. The molecule has 2 saturated heterocycles. The topological polar surface area (TPSA) is 88.9 Å². The molecule has 4 rings (SSSR count). The van der Waals surface area contributed by atoms with Crippen LogP contribution in [0.15, 0.2) is 29.3 Å². The Morgan fingerprint density at radius 1 is 1.30 bits per heavy atom. The number of anilines is 1. The van der Waals surface area contributed by atoms with E-state index >= 15 is 0 Å². The van der Waals surface area contributed by atoms with Gasteiger partial charge in [0.25, 0.3) is 5.91 Å². The first-order chi connectivity index (χ1) is 13.1. The third-order valence-corrected chi connectivity index (χ3v) is 5.28. The van der Waals surface area contributed by atoms with Crippen molar-refractivity contribution in [3.8, 4) is 5.75 Å². The van der Waals surface area contributed by atoms with Crippen LogP contribution in [0.1, 0.15) is 6.42 Å². The number of guanidine groups is 1. The van der Waals surface area contributed by atoms with Gasteiger partial charge < -0.3 is 24.5 Å². The third kappa shape index (κ3) is 2.69. The zero-order valence-electron chi connectivity index (χ0n) is 15.4. The average molecular weight is 373 g/mol. The summed E-state index contributed by atoms with van der Waals surface area (Å²) in [6, 6.07) is 6.81. The number of methoxy groups -OCH3 is 1. The average Bonchev–Trinajstić information content (AvgIpc) is 3.25. The molecule has 0 radical (unpaired) electrons. The predicted octanol–water partition coefficient (Wildman–Crippen LogP) is 0.158. The first-order valence-corrected chi connectivity index (χ1v) is 9.02. The summed E-state index contributed by atoms with van der Waals surface area (Å²) in [7, 11) is 3.29. The minimum atomic E-state index is -0.529. The molecule has 2 atom stereocenters. The van der Waals surface area contributed by atoms with Gasteiger partial charge in [-0.1, -0.05) is 6.07 Å². The molecule has 2 fully saturated rings. The molecule has 0 aromatic heterocycles. The first kappa shape index (κ1) is 17.6. The van der Waals surface area contributed by atoms with Crippen LogP contribution in [0.25, 0.3) is 0 Å². The van der Waals surface area contributed by atoms with Gasteiger partial charge in [-0.3, -0.25) is 9.69 Å². The number of aliphatic imine (C=N–C) groups is 1. The van der Waals surface area contributed by atoms with Gasteiger partial charge in [-0.25, -0.2) is 9.79 Å². The minimum absolute atomic E-state index is 0.0655. The summed E-state index contributed by atoms with van der Waals surface area (Å²) in [5.74, 6) is 1.21. The third-order valence-electron chi connectivity index (χ3n) is 5.28. The molecule has 1 N–H and O–H groups in total. The Labute approximate surface area is 157 Å². The largest absolute Gasteiger partial charge is 0.497 e. The van der Waals surface area contributed by atoms with E-state index < -0.39 is 12.2 Å². The molecule has 2 unspecified atom stereocenters. The zero-order valence-corrected chi connectivity index (χ0v) is 15.4. The second kappa shape index (κ2) is 6.73. The molecule has 3 amide bonds. The SMILES string of the molecule is COc1cccc(N2CCN3C2=NC2C3C(=O)N(CCCO)C(=O)N2C)c1. The maximum Gasteiger partial charge on any atom is 0.328 e. The van der Waals surface area contributed by atoms with Crippen molar-refractivity contribution in [1.82, 2.24) is 14.7 Å². The second-order valence-electron chi connectivity index (χ2n) is 6.79. The lowest BCUT2D eigenvalue weighted by atomic mass is 10.1. The highest BCUT2D eigenvalue weighted by molar-refractivity contribution is 6.08. The highest BCUT2D eigenvalue weighted by atomic mass is 16.5. The summed E-state index contributed by atoms with van der Waals surface area (Å²) in [5.41, 5.74) is 0.938. The summed E-state index contributed by atoms with van der Waals surface area (Å²) < 4.78 is 5.31. The van der Waals surface area contributed by atoms with Gasteiger partial charge in [-0.15, -0.1) is 0 Å². The van der Waals surface area contributed by atoms with Crippen LogP contribution >= 0.6 is 0 Å². The molecule has 1 aromatic carbocycles. The molecular weight excluding hydrogens is 350 g/mol. The van der Waals surface area contributed by atoms with Crippen LogP contribution in [0.5, 0.6) is 5.75 Å². The molecule has 0 aliphatic carbocycles. The Balaban J connectivity index is 1.63. The highest BCUT2D eigenvalue weighted by Crippen LogP contribution is 2.34. The monoisotopic (exact) mass is 373 g/mol. The number of ether oxygens (including phenoxy) is 1. The maximum absolute atomic E-state index is 13.0. The van der Waals surface area contributed by atoms with E-state index in [-0.39, 0.29) is 25.1 Å². The Morgan fingerprint density at radius 3 is 2.85 bits per heavy atom. The number of aliphatic hydroxyl groups excluding tert-OH is 1. The molecule has 9 nitrogen and oxygen atoms in total.